The number of aromatic nitrogens is 1. The number of rotatable bonds is 5. The first-order chi connectivity index (χ1) is 9.01. The first-order valence-electron chi connectivity index (χ1n) is 5.74. The Kier molecular flexibility index (Phi) is 4.44. The predicted molar refractivity (Wildman–Crippen MR) is 78.4 cm³/mol. The maximum atomic E-state index is 12.0. The van der Waals surface area contributed by atoms with Crippen molar-refractivity contribution in [3.05, 3.63) is 40.5 Å². The first-order valence-corrected chi connectivity index (χ1v) is 8.42. The summed E-state index contributed by atoms with van der Waals surface area (Å²) in [6.07, 6.45) is 3.29. The third kappa shape index (κ3) is 3.68. The average Bonchev–Trinajstić information content (AvgIpc) is 2.79. The Morgan fingerprint density at radius 3 is 2.53 bits per heavy atom. The number of nitrogens with zero attached hydrogens (tertiary/aromatic N) is 1. The van der Waals surface area contributed by atoms with Gasteiger partial charge < -0.3 is 0 Å². The molecule has 1 aromatic heterocycles. The number of nitrogens with one attached hydrogen (secondary N) is 1. The van der Waals surface area contributed by atoms with Crippen molar-refractivity contribution in [2.24, 2.45) is 0 Å². The summed E-state index contributed by atoms with van der Waals surface area (Å²) in [5, 5.41) is 0. The fourth-order valence-electron chi connectivity index (χ4n) is 1.60. The van der Waals surface area contributed by atoms with Crippen LogP contribution in [0.2, 0.25) is 4.47 Å². The maximum Gasteiger partial charge on any atom is 0.273 e. The predicted octanol–water partition coefficient (Wildman–Crippen LogP) is 3.55. The summed E-state index contributed by atoms with van der Waals surface area (Å²) in [5.74, 6) is 0. The van der Waals surface area contributed by atoms with E-state index in [1.54, 1.807) is 12.1 Å². The Hall–Kier alpha value is -1.11. The first kappa shape index (κ1) is 14.3. The fraction of sp³-hybridized carbons (Fsp3) is 0.250. The molecule has 102 valence electrons. The van der Waals surface area contributed by atoms with Crippen molar-refractivity contribution in [1.82, 2.24) is 4.98 Å². The SMILES string of the molecule is CCCc1ccc(NS(=O)(=O)c2cnc(Cl)s2)cc1. The molecule has 2 aromatic rings. The van der Waals surface area contributed by atoms with Gasteiger partial charge in [0.05, 0.1) is 6.20 Å². The van der Waals surface area contributed by atoms with Gasteiger partial charge >= 0.3 is 0 Å². The molecular formula is C12H13ClN2O2S2. The minimum Gasteiger partial charge on any atom is -0.279 e. The van der Waals surface area contributed by atoms with Gasteiger partial charge in [0, 0.05) is 5.69 Å². The third-order valence-electron chi connectivity index (χ3n) is 2.47. The van der Waals surface area contributed by atoms with Crippen LogP contribution in [0.1, 0.15) is 18.9 Å². The molecule has 0 saturated heterocycles. The summed E-state index contributed by atoms with van der Waals surface area (Å²) in [6, 6.07) is 7.35. The highest BCUT2D eigenvalue weighted by Gasteiger charge is 2.17. The monoisotopic (exact) mass is 316 g/mol. The van der Waals surface area contributed by atoms with Crippen LogP contribution in [0.15, 0.2) is 34.7 Å². The van der Waals surface area contributed by atoms with Crippen molar-refractivity contribution >= 4 is 38.6 Å². The molecule has 19 heavy (non-hydrogen) atoms. The van der Waals surface area contributed by atoms with Gasteiger partial charge in [-0.1, -0.05) is 48.4 Å². The van der Waals surface area contributed by atoms with Crippen LogP contribution in [0.3, 0.4) is 0 Å². The molecule has 1 aromatic carbocycles. The highest BCUT2D eigenvalue weighted by atomic mass is 35.5. The zero-order chi connectivity index (χ0) is 13.9. The van der Waals surface area contributed by atoms with Crippen molar-refractivity contribution in [3.63, 3.8) is 0 Å². The zero-order valence-corrected chi connectivity index (χ0v) is 12.6. The smallest absolute Gasteiger partial charge is 0.273 e. The van der Waals surface area contributed by atoms with Crippen LogP contribution in [0.4, 0.5) is 5.69 Å². The average molecular weight is 317 g/mol. The molecule has 0 aliphatic heterocycles. The number of hydrogen-bond acceptors (Lipinski definition) is 4. The molecule has 0 amide bonds. The molecule has 2 rings (SSSR count). The van der Waals surface area contributed by atoms with E-state index in [1.807, 2.05) is 12.1 Å². The minimum atomic E-state index is -3.60. The minimum absolute atomic E-state index is 0.107. The quantitative estimate of drug-likeness (QED) is 0.917. The van der Waals surface area contributed by atoms with Gasteiger partial charge in [0.15, 0.2) is 8.68 Å². The van der Waals surface area contributed by atoms with Crippen molar-refractivity contribution in [3.8, 4) is 0 Å². The van der Waals surface area contributed by atoms with E-state index in [4.69, 9.17) is 11.6 Å². The van der Waals surface area contributed by atoms with Gasteiger partial charge in [0.2, 0.25) is 0 Å². The van der Waals surface area contributed by atoms with Crippen LogP contribution in [0.5, 0.6) is 0 Å². The molecule has 7 heteroatoms. The number of sulfonamides is 1. The van der Waals surface area contributed by atoms with Gasteiger partial charge in [-0.2, -0.15) is 0 Å². The lowest BCUT2D eigenvalue weighted by molar-refractivity contribution is 0.603. The molecule has 4 nitrogen and oxygen atoms in total. The van der Waals surface area contributed by atoms with E-state index < -0.39 is 10.0 Å². The van der Waals surface area contributed by atoms with Crippen molar-refractivity contribution in [2.45, 2.75) is 24.0 Å². The molecule has 0 aliphatic rings. The summed E-state index contributed by atoms with van der Waals surface area (Å²) in [7, 11) is -3.60. The molecule has 0 aliphatic carbocycles. The normalized spacial score (nSPS) is 11.5. The standard InChI is InChI=1S/C12H13ClN2O2S2/c1-2-3-9-4-6-10(7-5-9)15-19(16,17)11-8-14-12(13)18-11/h4-8,15H,2-3H2,1H3. The molecule has 0 radical (unpaired) electrons. The molecule has 0 spiro atoms. The summed E-state index contributed by atoms with van der Waals surface area (Å²) in [6.45, 7) is 2.10. The fourth-order valence-corrected chi connectivity index (χ4v) is 3.95. The van der Waals surface area contributed by atoms with E-state index in [9.17, 15) is 8.42 Å². The van der Waals surface area contributed by atoms with E-state index in [0.717, 1.165) is 24.2 Å². The van der Waals surface area contributed by atoms with E-state index in [2.05, 4.69) is 16.6 Å². The second-order valence-corrected chi connectivity index (χ2v) is 7.51. The van der Waals surface area contributed by atoms with Crippen molar-refractivity contribution in [1.29, 1.82) is 0 Å². The Balaban J connectivity index is 2.16. The van der Waals surface area contributed by atoms with E-state index in [0.29, 0.717) is 5.69 Å². The maximum absolute atomic E-state index is 12.0. The topological polar surface area (TPSA) is 59.1 Å². The molecule has 0 unspecified atom stereocenters. The highest BCUT2D eigenvalue weighted by molar-refractivity contribution is 7.94. The number of benzene rings is 1. The van der Waals surface area contributed by atoms with E-state index >= 15 is 0 Å². The molecule has 1 heterocycles. The summed E-state index contributed by atoms with van der Waals surface area (Å²) in [4.78, 5) is 3.73. The number of anilines is 1. The second kappa shape index (κ2) is 5.90. The number of thiazole rings is 1. The van der Waals surface area contributed by atoms with Crippen LogP contribution in [-0.2, 0) is 16.4 Å². The lowest BCUT2D eigenvalue weighted by Gasteiger charge is -2.06. The van der Waals surface area contributed by atoms with E-state index in [1.165, 1.54) is 11.8 Å². The van der Waals surface area contributed by atoms with Gasteiger partial charge in [-0.05, 0) is 24.1 Å². The summed E-state index contributed by atoms with van der Waals surface area (Å²) in [5.41, 5.74) is 1.72. The molecule has 0 fully saturated rings. The number of halogens is 1. The van der Waals surface area contributed by atoms with Crippen LogP contribution in [-0.4, -0.2) is 13.4 Å². The lowest BCUT2D eigenvalue weighted by Crippen LogP contribution is -2.11. The van der Waals surface area contributed by atoms with Crippen LogP contribution >= 0.6 is 22.9 Å². The van der Waals surface area contributed by atoms with Gasteiger partial charge in [0.1, 0.15) is 0 Å². The molecule has 0 atom stereocenters. The summed E-state index contributed by atoms with van der Waals surface area (Å²) >= 11 is 6.57. The van der Waals surface area contributed by atoms with Gasteiger partial charge in [-0.25, -0.2) is 13.4 Å². The Morgan fingerprint density at radius 2 is 2.00 bits per heavy atom. The molecule has 0 bridgehead atoms. The zero-order valence-electron chi connectivity index (χ0n) is 10.3. The number of aryl methyl sites for hydroxylation is 1. The molecule has 0 saturated carbocycles. The van der Waals surface area contributed by atoms with Gasteiger partial charge in [-0.15, -0.1) is 0 Å². The van der Waals surface area contributed by atoms with Crippen LogP contribution < -0.4 is 4.72 Å². The van der Waals surface area contributed by atoms with Crippen molar-refractivity contribution in [2.75, 3.05) is 4.72 Å². The van der Waals surface area contributed by atoms with Gasteiger partial charge in [-0.3, -0.25) is 4.72 Å². The highest BCUT2D eigenvalue weighted by Crippen LogP contribution is 2.24. The molecule has 1 N–H and O–H groups in total. The number of hydrogen-bond donors (Lipinski definition) is 1. The van der Waals surface area contributed by atoms with Crippen LogP contribution in [0.25, 0.3) is 0 Å². The van der Waals surface area contributed by atoms with Crippen molar-refractivity contribution < 1.29 is 8.42 Å². The lowest BCUT2D eigenvalue weighted by atomic mass is 10.1. The Bertz CT molecular complexity index is 651. The summed E-state index contributed by atoms with van der Waals surface area (Å²) < 4.78 is 26.9. The van der Waals surface area contributed by atoms with E-state index in [-0.39, 0.29) is 8.68 Å². The largest absolute Gasteiger partial charge is 0.279 e. The van der Waals surface area contributed by atoms with Crippen LogP contribution in [0, 0.1) is 0 Å². The van der Waals surface area contributed by atoms with Gasteiger partial charge in [0.25, 0.3) is 10.0 Å². The Morgan fingerprint density at radius 1 is 1.32 bits per heavy atom. The third-order valence-corrected chi connectivity index (χ3v) is 5.42. The Labute approximate surface area is 121 Å². The molecular weight excluding hydrogens is 304 g/mol. The second-order valence-electron chi connectivity index (χ2n) is 3.98.